The second kappa shape index (κ2) is 10.1. The summed E-state index contributed by atoms with van der Waals surface area (Å²) in [4.78, 5) is 40.6. The van der Waals surface area contributed by atoms with Gasteiger partial charge in [-0.15, -0.1) is 0 Å². The molecule has 2 amide bonds. The number of nitrogens with zero attached hydrogens (tertiary/aromatic N) is 2. The first-order valence-corrected chi connectivity index (χ1v) is 11.1. The summed E-state index contributed by atoms with van der Waals surface area (Å²) in [6, 6.07) is 4.50. The first-order valence-electron chi connectivity index (χ1n) is 11.1. The Bertz CT molecular complexity index is 820. The van der Waals surface area contributed by atoms with Crippen molar-refractivity contribution in [1.29, 1.82) is 0 Å². The topological polar surface area (TPSA) is 102 Å². The Morgan fingerprint density at radius 3 is 2.61 bits per heavy atom. The van der Waals surface area contributed by atoms with Gasteiger partial charge in [0.1, 0.15) is 6.04 Å². The normalized spacial score (nSPS) is 19.5. The Morgan fingerprint density at radius 1 is 1.26 bits per heavy atom. The summed E-state index contributed by atoms with van der Waals surface area (Å²) in [6.07, 6.45) is 2.98. The van der Waals surface area contributed by atoms with Gasteiger partial charge in [0.05, 0.1) is 6.42 Å². The zero-order valence-electron chi connectivity index (χ0n) is 18.7. The van der Waals surface area contributed by atoms with Crippen LogP contribution in [0.15, 0.2) is 18.2 Å². The van der Waals surface area contributed by atoms with Gasteiger partial charge in [-0.25, -0.2) is 0 Å². The van der Waals surface area contributed by atoms with Gasteiger partial charge >= 0.3 is 5.97 Å². The molecule has 8 nitrogen and oxygen atoms in total. The number of amides is 2. The molecule has 0 bridgehead atoms. The highest BCUT2D eigenvalue weighted by molar-refractivity contribution is 5.96. The average molecular weight is 431 g/mol. The van der Waals surface area contributed by atoms with Crippen LogP contribution in [0.1, 0.15) is 55.5 Å². The summed E-state index contributed by atoms with van der Waals surface area (Å²) < 4.78 is 0. The smallest absolute Gasteiger partial charge is 0.305 e. The Labute approximate surface area is 184 Å². The summed E-state index contributed by atoms with van der Waals surface area (Å²) in [5.41, 5.74) is 2.07. The van der Waals surface area contributed by atoms with Gasteiger partial charge in [-0.2, -0.15) is 0 Å². The fourth-order valence-electron chi connectivity index (χ4n) is 4.31. The van der Waals surface area contributed by atoms with Crippen molar-refractivity contribution in [2.75, 3.05) is 32.0 Å². The molecule has 2 heterocycles. The number of aliphatic carboxylic acids is 1. The minimum atomic E-state index is -1.04. The van der Waals surface area contributed by atoms with E-state index in [1.165, 1.54) is 0 Å². The lowest BCUT2D eigenvalue weighted by Crippen LogP contribution is -2.44. The predicted molar refractivity (Wildman–Crippen MR) is 119 cm³/mol. The van der Waals surface area contributed by atoms with Crippen LogP contribution in [0, 0.1) is 5.92 Å². The Morgan fingerprint density at radius 2 is 1.97 bits per heavy atom. The highest BCUT2D eigenvalue weighted by atomic mass is 16.4. The molecule has 0 spiro atoms. The number of benzene rings is 1. The van der Waals surface area contributed by atoms with Crippen molar-refractivity contribution in [3.63, 3.8) is 0 Å². The van der Waals surface area contributed by atoms with E-state index in [-0.39, 0.29) is 24.3 Å². The van der Waals surface area contributed by atoms with E-state index >= 15 is 0 Å². The first-order chi connectivity index (χ1) is 14.8. The van der Waals surface area contributed by atoms with Crippen LogP contribution >= 0.6 is 0 Å². The van der Waals surface area contributed by atoms with Crippen molar-refractivity contribution >= 4 is 23.5 Å². The monoisotopic (exact) mass is 430 g/mol. The molecule has 3 N–H and O–H groups in total. The van der Waals surface area contributed by atoms with Crippen molar-refractivity contribution < 1.29 is 19.5 Å². The number of hydrogen-bond acceptors (Lipinski definition) is 5. The zero-order chi connectivity index (χ0) is 22.5. The first kappa shape index (κ1) is 23.1. The summed E-state index contributed by atoms with van der Waals surface area (Å²) in [6.45, 7) is 7.00. The lowest BCUT2D eigenvalue weighted by molar-refractivity contribution is -0.142. The van der Waals surface area contributed by atoms with E-state index in [1.54, 1.807) is 21.9 Å². The molecule has 1 aromatic rings. The molecule has 0 saturated carbocycles. The SMILES string of the molecule is CC(C)N1Cc2ccc(C(=O)N(C)CCC3CCNCC3)cc2N[C@H](CC(=O)O)C1=O. The molecule has 0 aliphatic carbocycles. The molecule has 3 rings (SSSR count). The molecule has 1 aromatic carbocycles. The van der Waals surface area contributed by atoms with Crippen LogP contribution in [0.25, 0.3) is 0 Å². The molecule has 0 unspecified atom stereocenters. The van der Waals surface area contributed by atoms with Crippen LogP contribution in [0.3, 0.4) is 0 Å². The zero-order valence-corrected chi connectivity index (χ0v) is 18.7. The quantitative estimate of drug-likeness (QED) is 0.613. The van der Waals surface area contributed by atoms with E-state index in [2.05, 4.69) is 10.6 Å². The molecule has 0 radical (unpaired) electrons. The Balaban J connectivity index is 1.75. The van der Waals surface area contributed by atoms with E-state index in [0.29, 0.717) is 30.3 Å². The molecule has 8 heteroatoms. The molecular weight excluding hydrogens is 396 g/mol. The summed E-state index contributed by atoms with van der Waals surface area (Å²) >= 11 is 0. The highest BCUT2D eigenvalue weighted by Crippen LogP contribution is 2.27. The number of nitrogens with one attached hydrogen (secondary N) is 2. The van der Waals surface area contributed by atoms with Crippen LogP contribution in [-0.2, 0) is 16.1 Å². The Kier molecular flexibility index (Phi) is 7.54. The van der Waals surface area contributed by atoms with Crippen molar-refractivity contribution in [2.24, 2.45) is 5.92 Å². The number of piperidine rings is 1. The molecule has 31 heavy (non-hydrogen) atoms. The lowest BCUT2D eigenvalue weighted by atomic mass is 9.94. The summed E-state index contributed by atoms with van der Waals surface area (Å²) in [5, 5.41) is 15.7. The molecule has 1 fully saturated rings. The van der Waals surface area contributed by atoms with Crippen molar-refractivity contribution in [1.82, 2.24) is 15.1 Å². The molecular formula is C23H34N4O4. The van der Waals surface area contributed by atoms with E-state index in [4.69, 9.17) is 0 Å². The lowest BCUT2D eigenvalue weighted by Gasteiger charge is -2.27. The van der Waals surface area contributed by atoms with Crippen LogP contribution in [-0.4, -0.2) is 71.5 Å². The third-order valence-electron chi connectivity index (χ3n) is 6.29. The van der Waals surface area contributed by atoms with E-state index < -0.39 is 12.0 Å². The molecule has 2 aliphatic heterocycles. The number of carboxylic acid groups (broad SMARTS) is 1. The van der Waals surface area contributed by atoms with Gasteiger partial charge in [0.15, 0.2) is 0 Å². The number of hydrogen-bond donors (Lipinski definition) is 3. The van der Waals surface area contributed by atoms with Crippen LogP contribution in [0.4, 0.5) is 5.69 Å². The van der Waals surface area contributed by atoms with E-state index in [1.807, 2.05) is 27.0 Å². The third-order valence-corrected chi connectivity index (χ3v) is 6.29. The van der Waals surface area contributed by atoms with Gasteiger partial charge in [0.25, 0.3) is 5.91 Å². The fraction of sp³-hybridized carbons (Fsp3) is 0.609. The number of fused-ring (bicyclic) bond motifs is 1. The minimum absolute atomic E-state index is 0.0565. The average Bonchev–Trinajstić information content (AvgIpc) is 2.88. The van der Waals surface area contributed by atoms with Crippen LogP contribution in [0.5, 0.6) is 0 Å². The maximum absolute atomic E-state index is 13.0. The van der Waals surface area contributed by atoms with Gasteiger partial charge in [0, 0.05) is 37.4 Å². The summed E-state index contributed by atoms with van der Waals surface area (Å²) in [7, 11) is 1.82. The van der Waals surface area contributed by atoms with E-state index in [9.17, 15) is 19.5 Å². The standard InChI is InChI=1S/C23H34N4O4/c1-15(2)27-14-18-5-4-17(12-19(18)25-20(23(27)31)13-21(28)29)22(30)26(3)11-8-16-6-9-24-10-7-16/h4-5,12,15-16,20,24-25H,6-11,13-14H2,1-3H3,(H,28,29)/t20-/m1/s1. The highest BCUT2D eigenvalue weighted by Gasteiger charge is 2.32. The van der Waals surface area contributed by atoms with Gasteiger partial charge < -0.3 is 25.5 Å². The molecule has 0 aromatic heterocycles. The number of carboxylic acids is 1. The predicted octanol–water partition coefficient (Wildman–Crippen LogP) is 2.15. The molecule has 2 aliphatic rings. The minimum Gasteiger partial charge on any atom is -0.481 e. The molecule has 1 saturated heterocycles. The van der Waals surface area contributed by atoms with Gasteiger partial charge in [-0.05, 0) is 69.8 Å². The largest absolute Gasteiger partial charge is 0.481 e. The van der Waals surface area contributed by atoms with Gasteiger partial charge in [-0.1, -0.05) is 6.07 Å². The van der Waals surface area contributed by atoms with Crippen LogP contribution in [0.2, 0.25) is 0 Å². The van der Waals surface area contributed by atoms with Crippen molar-refractivity contribution in [3.05, 3.63) is 29.3 Å². The maximum Gasteiger partial charge on any atom is 0.305 e. The summed E-state index contributed by atoms with van der Waals surface area (Å²) in [5.74, 6) is -0.692. The van der Waals surface area contributed by atoms with E-state index in [0.717, 1.165) is 37.9 Å². The maximum atomic E-state index is 13.0. The van der Waals surface area contributed by atoms with Gasteiger partial charge in [-0.3, -0.25) is 14.4 Å². The Hall–Kier alpha value is -2.61. The fourth-order valence-corrected chi connectivity index (χ4v) is 4.31. The van der Waals surface area contributed by atoms with Crippen molar-refractivity contribution in [3.8, 4) is 0 Å². The second-order valence-corrected chi connectivity index (χ2v) is 8.94. The number of carbonyl (C=O) groups excluding carboxylic acids is 2. The second-order valence-electron chi connectivity index (χ2n) is 8.94. The third kappa shape index (κ3) is 5.76. The molecule has 1 atom stereocenters. The molecule has 170 valence electrons. The van der Waals surface area contributed by atoms with Crippen LogP contribution < -0.4 is 10.6 Å². The number of carbonyl (C=O) groups is 3. The van der Waals surface area contributed by atoms with Crippen molar-refractivity contribution in [2.45, 2.75) is 58.2 Å². The number of anilines is 1. The number of rotatable bonds is 7. The van der Waals surface area contributed by atoms with Gasteiger partial charge in [0.2, 0.25) is 5.91 Å².